The predicted molar refractivity (Wildman–Crippen MR) is 74.5 cm³/mol. The van der Waals surface area contributed by atoms with Crippen LogP contribution in [-0.2, 0) is 11.3 Å². The quantitative estimate of drug-likeness (QED) is 0.839. The third kappa shape index (κ3) is 2.48. The van der Waals surface area contributed by atoms with Gasteiger partial charge in [0.1, 0.15) is 5.82 Å². The number of anilines is 1. The maximum atomic E-state index is 5.72. The molecule has 5 heteroatoms. The summed E-state index contributed by atoms with van der Waals surface area (Å²) in [5.74, 6) is 2.88. The molecule has 1 unspecified atom stereocenters. The van der Waals surface area contributed by atoms with Gasteiger partial charge in [0.2, 0.25) is 5.95 Å². The first kappa shape index (κ1) is 12.9. The molecule has 1 aliphatic heterocycles. The Morgan fingerprint density at radius 3 is 2.79 bits per heavy atom. The lowest BCUT2D eigenvalue weighted by molar-refractivity contribution is 0.0819. The molecule has 1 aromatic heterocycles. The van der Waals surface area contributed by atoms with Crippen LogP contribution >= 0.6 is 0 Å². The van der Waals surface area contributed by atoms with E-state index in [2.05, 4.69) is 33.5 Å². The summed E-state index contributed by atoms with van der Waals surface area (Å²) in [7, 11) is 0. The summed E-state index contributed by atoms with van der Waals surface area (Å²) in [6.45, 7) is 8.08. The zero-order valence-electron chi connectivity index (χ0n) is 12.0. The Labute approximate surface area is 114 Å². The summed E-state index contributed by atoms with van der Waals surface area (Å²) in [5.41, 5.74) is 0. The molecule has 1 aliphatic carbocycles. The van der Waals surface area contributed by atoms with Gasteiger partial charge in [-0.2, -0.15) is 0 Å². The molecule has 0 amide bonds. The Bertz CT molecular complexity index is 427. The van der Waals surface area contributed by atoms with Crippen molar-refractivity contribution in [3.8, 4) is 0 Å². The SMILES string of the molecule is CCn1c(C2CCC2)nnc1N1CCCOC(C)C1. The molecule has 1 aromatic rings. The summed E-state index contributed by atoms with van der Waals surface area (Å²) in [4.78, 5) is 2.34. The van der Waals surface area contributed by atoms with Crippen LogP contribution in [0, 0.1) is 0 Å². The highest BCUT2D eigenvalue weighted by molar-refractivity contribution is 5.32. The van der Waals surface area contributed by atoms with E-state index in [4.69, 9.17) is 4.74 Å². The second kappa shape index (κ2) is 5.49. The van der Waals surface area contributed by atoms with Crippen LogP contribution in [0.4, 0.5) is 5.95 Å². The van der Waals surface area contributed by atoms with E-state index in [0.717, 1.165) is 38.6 Å². The molecular weight excluding hydrogens is 240 g/mol. The Morgan fingerprint density at radius 1 is 1.26 bits per heavy atom. The molecule has 0 bridgehead atoms. The molecule has 0 N–H and O–H groups in total. The van der Waals surface area contributed by atoms with Crippen molar-refractivity contribution in [2.45, 2.75) is 58.1 Å². The van der Waals surface area contributed by atoms with E-state index >= 15 is 0 Å². The first-order valence-electron chi connectivity index (χ1n) is 7.59. The second-order valence-electron chi connectivity index (χ2n) is 5.71. The minimum atomic E-state index is 0.275. The van der Waals surface area contributed by atoms with Gasteiger partial charge in [-0.15, -0.1) is 10.2 Å². The molecular formula is C14H24N4O. The monoisotopic (exact) mass is 264 g/mol. The van der Waals surface area contributed by atoms with Crippen LogP contribution < -0.4 is 4.90 Å². The number of hydrogen-bond donors (Lipinski definition) is 0. The normalized spacial score (nSPS) is 25.2. The van der Waals surface area contributed by atoms with E-state index in [-0.39, 0.29) is 6.10 Å². The summed E-state index contributed by atoms with van der Waals surface area (Å²) < 4.78 is 8.02. The van der Waals surface area contributed by atoms with Crippen molar-refractivity contribution in [1.29, 1.82) is 0 Å². The number of ether oxygens (including phenoxy) is 1. The van der Waals surface area contributed by atoms with Gasteiger partial charge >= 0.3 is 0 Å². The zero-order chi connectivity index (χ0) is 13.2. The fourth-order valence-corrected chi connectivity index (χ4v) is 2.99. The third-order valence-corrected chi connectivity index (χ3v) is 4.28. The molecule has 3 rings (SSSR count). The number of rotatable bonds is 3. The number of nitrogens with zero attached hydrogens (tertiary/aromatic N) is 4. The van der Waals surface area contributed by atoms with Gasteiger partial charge in [-0.25, -0.2) is 0 Å². The molecule has 5 nitrogen and oxygen atoms in total. The third-order valence-electron chi connectivity index (χ3n) is 4.28. The van der Waals surface area contributed by atoms with E-state index < -0.39 is 0 Å². The lowest BCUT2D eigenvalue weighted by atomic mass is 9.85. The van der Waals surface area contributed by atoms with Crippen LogP contribution in [-0.4, -0.2) is 40.6 Å². The van der Waals surface area contributed by atoms with Gasteiger partial charge in [0.15, 0.2) is 0 Å². The lowest BCUT2D eigenvalue weighted by Crippen LogP contribution is -2.32. The van der Waals surface area contributed by atoms with Gasteiger partial charge in [0.05, 0.1) is 6.10 Å². The Hall–Kier alpha value is -1.10. The van der Waals surface area contributed by atoms with E-state index in [1.807, 2.05) is 0 Å². The second-order valence-corrected chi connectivity index (χ2v) is 5.71. The van der Waals surface area contributed by atoms with Crippen molar-refractivity contribution in [3.05, 3.63) is 5.82 Å². The average molecular weight is 264 g/mol. The Kier molecular flexibility index (Phi) is 3.73. The smallest absolute Gasteiger partial charge is 0.227 e. The molecule has 1 atom stereocenters. The summed E-state index contributed by atoms with van der Waals surface area (Å²) >= 11 is 0. The Balaban J connectivity index is 1.84. The van der Waals surface area contributed by atoms with Crippen LogP contribution in [0.5, 0.6) is 0 Å². The van der Waals surface area contributed by atoms with Crippen molar-refractivity contribution in [3.63, 3.8) is 0 Å². The molecule has 0 aromatic carbocycles. The Morgan fingerprint density at radius 2 is 2.11 bits per heavy atom. The maximum absolute atomic E-state index is 5.72. The van der Waals surface area contributed by atoms with E-state index in [0.29, 0.717) is 5.92 Å². The van der Waals surface area contributed by atoms with Gasteiger partial charge in [-0.3, -0.25) is 4.57 Å². The molecule has 0 radical (unpaired) electrons. The van der Waals surface area contributed by atoms with Crippen LogP contribution in [0.3, 0.4) is 0 Å². The van der Waals surface area contributed by atoms with Crippen molar-refractivity contribution in [2.75, 3.05) is 24.6 Å². The van der Waals surface area contributed by atoms with Gasteiger partial charge in [0.25, 0.3) is 0 Å². The largest absolute Gasteiger partial charge is 0.377 e. The summed E-state index contributed by atoms with van der Waals surface area (Å²) in [6.07, 6.45) is 5.23. The van der Waals surface area contributed by atoms with Gasteiger partial charge in [-0.05, 0) is 33.1 Å². The zero-order valence-corrected chi connectivity index (χ0v) is 12.0. The molecule has 2 fully saturated rings. The van der Waals surface area contributed by atoms with E-state index in [1.165, 1.54) is 25.1 Å². The minimum absolute atomic E-state index is 0.275. The molecule has 106 valence electrons. The maximum Gasteiger partial charge on any atom is 0.227 e. The van der Waals surface area contributed by atoms with Crippen molar-refractivity contribution < 1.29 is 4.74 Å². The average Bonchev–Trinajstić information content (AvgIpc) is 2.62. The highest BCUT2D eigenvalue weighted by Crippen LogP contribution is 2.36. The molecule has 19 heavy (non-hydrogen) atoms. The van der Waals surface area contributed by atoms with E-state index in [9.17, 15) is 0 Å². The van der Waals surface area contributed by atoms with E-state index in [1.54, 1.807) is 0 Å². The van der Waals surface area contributed by atoms with Crippen molar-refractivity contribution in [1.82, 2.24) is 14.8 Å². The topological polar surface area (TPSA) is 43.2 Å². The van der Waals surface area contributed by atoms with Crippen LogP contribution in [0.2, 0.25) is 0 Å². The molecule has 1 saturated carbocycles. The summed E-state index contributed by atoms with van der Waals surface area (Å²) in [6, 6.07) is 0. The number of aromatic nitrogens is 3. The van der Waals surface area contributed by atoms with Crippen LogP contribution in [0.1, 0.15) is 51.3 Å². The van der Waals surface area contributed by atoms with Crippen molar-refractivity contribution >= 4 is 5.95 Å². The standard InChI is InChI=1S/C14H24N4O/c1-3-18-13(12-6-4-7-12)15-16-14(18)17-8-5-9-19-11(2)10-17/h11-12H,3-10H2,1-2H3. The first-order valence-corrected chi connectivity index (χ1v) is 7.59. The van der Waals surface area contributed by atoms with Crippen LogP contribution in [0.15, 0.2) is 0 Å². The highest BCUT2D eigenvalue weighted by Gasteiger charge is 2.28. The minimum Gasteiger partial charge on any atom is -0.377 e. The predicted octanol–water partition coefficient (Wildman–Crippen LogP) is 2.18. The molecule has 2 heterocycles. The first-order chi connectivity index (χ1) is 9.29. The molecule has 2 aliphatic rings. The highest BCUT2D eigenvalue weighted by atomic mass is 16.5. The lowest BCUT2D eigenvalue weighted by Gasteiger charge is -2.27. The van der Waals surface area contributed by atoms with Gasteiger partial charge in [0, 0.05) is 32.2 Å². The fraction of sp³-hybridized carbons (Fsp3) is 0.857. The fourth-order valence-electron chi connectivity index (χ4n) is 2.99. The molecule has 1 saturated heterocycles. The molecule has 0 spiro atoms. The van der Waals surface area contributed by atoms with Crippen molar-refractivity contribution in [2.24, 2.45) is 0 Å². The van der Waals surface area contributed by atoms with Crippen LogP contribution in [0.25, 0.3) is 0 Å². The number of hydrogen-bond acceptors (Lipinski definition) is 4. The van der Waals surface area contributed by atoms with Gasteiger partial charge < -0.3 is 9.64 Å². The van der Waals surface area contributed by atoms with Gasteiger partial charge in [-0.1, -0.05) is 6.42 Å². The summed E-state index contributed by atoms with van der Waals surface area (Å²) in [5, 5.41) is 8.94.